The van der Waals surface area contributed by atoms with Gasteiger partial charge in [0.2, 0.25) is 0 Å². The van der Waals surface area contributed by atoms with E-state index in [0.717, 1.165) is 18.0 Å². The van der Waals surface area contributed by atoms with Crippen LogP contribution in [0.4, 0.5) is 0 Å². The molecule has 1 saturated heterocycles. The molecule has 118 valence electrons. The Kier molecular flexibility index (Phi) is 5.73. The summed E-state index contributed by atoms with van der Waals surface area (Å²) >= 11 is 1.83. The zero-order chi connectivity index (χ0) is 14.5. The van der Waals surface area contributed by atoms with Gasteiger partial charge in [-0.25, -0.2) is 0 Å². The van der Waals surface area contributed by atoms with Gasteiger partial charge >= 0.3 is 0 Å². The first-order valence-electron chi connectivity index (χ1n) is 8.85. The molecule has 1 aromatic heterocycles. The summed E-state index contributed by atoms with van der Waals surface area (Å²) in [5, 5.41) is 8.38. The van der Waals surface area contributed by atoms with Crippen LogP contribution in [0.5, 0.6) is 0 Å². The van der Waals surface area contributed by atoms with E-state index in [1.807, 2.05) is 11.3 Å². The fourth-order valence-electron chi connectivity index (χ4n) is 4.12. The number of hydrogen-bond donors (Lipinski definition) is 1. The first-order chi connectivity index (χ1) is 10.4. The predicted molar refractivity (Wildman–Crippen MR) is 92.0 cm³/mol. The van der Waals surface area contributed by atoms with E-state index in [4.69, 9.17) is 0 Å². The van der Waals surface area contributed by atoms with Gasteiger partial charge in [0, 0.05) is 31.7 Å². The molecule has 1 N–H and O–H groups in total. The number of hydrogen-bond acceptors (Lipinski definition) is 3. The van der Waals surface area contributed by atoms with E-state index in [9.17, 15) is 0 Å². The van der Waals surface area contributed by atoms with E-state index in [2.05, 4.69) is 34.0 Å². The van der Waals surface area contributed by atoms with Gasteiger partial charge in [-0.1, -0.05) is 26.2 Å². The van der Waals surface area contributed by atoms with Gasteiger partial charge in [0.05, 0.1) is 0 Å². The highest BCUT2D eigenvalue weighted by Crippen LogP contribution is 2.28. The summed E-state index contributed by atoms with van der Waals surface area (Å²) in [6.07, 6.45) is 9.76. The van der Waals surface area contributed by atoms with Crippen LogP contribution in [-0.4, -0.2) is 36.6 Å². The average molecular weight is 307 g/mol. The van der Waals surface area contributed by atoms with Crippen molar-refractivity contribution in [3.05, 3.63) is 22.4 Å². The van der Waals surface area contributed by atoms with Crippen LogP contribution < -0.4 is 5.32 Å². The molecule has 1 aromatic rings. The summed E-state index contributed by atoms with van der Waals surface area (Å²) in [6, 6.07) is 3.77. The van der Waals surface area contributed by atoms with Crippen molar-refractivity contribution in [3.8, 4) is 0 Å². The van der Waals surface area contributed by atoms with Crippen LogP contribution in [-0.2, 0) is 6.42 Å². The molecule has 1 saturated carbocycles. The van der Waals surface area contributed by atoms with Crippen molar-refractivity contribution in [3.63, 3.8) is 0 Å². The highest BCUT2D eigenvalue weighted by molar-refractivity contribution is 7.07. The quantitative estimate of drug-likeness (QED) is 0.887. The monoisotopic (exact) mass is 306 g/mol. The fourth-order valence-corrected chi connectivity index (χ4v) is 4.82. The van der Waals surface area contributed by atoms with Crippen LogP contribution in [0.25, 0.3) is 0 Å². The molecule has 0 amide bonds. The first kappa shape index (κ1) is 15.5. The van der Waals surface area contributed by atoms with E-state index in [1.54, 1.807) is 0 Å². The second-order valence-electron chi connectivity index (χ2n) is 6.85. The predicted octanol–water partition coefficient (Wildman–Crippen LogP) is 3.92. The zero-order valence-electron chi connectivity index (χ0n) is 13.4. The molecule has 1 aliphatic carbocycles. The molecule has 3 heteroatoms. The second kappa shape index (κ2) is 7.75. The van der Waals surface area contributed by atoms with Gasteiger partial charge in [-0.3, -0.25) is 4.90 Å². The van der Waals surface area contributed by atoms with Gasteiger partial charge in [-0.2, -0.15) is 11.3 Å². The maximum atomic E-state index is 3.87. The minimum atomic E-state index is 0.739. The van der Waals surface area contributed by atoms with Gasteiger partial charge in [0.15, 0.2) is 0 Å². The lowest BCUT2D eigenvalue weighted by atomic mass is 9.82. The maximum Gasteiger partial charge on any atom is 0.0224 e. The molecule has 2 nitrogen and oxygen atoms in total. The van der Waals surface area contributed by atoms with Crippen LogP contribution in [0.3, 0.4) is 0 Å². The topological polar surface area (TPSA) is 15.3 Å². The number of nitrogens with one attached hydrogen (secondary N) is 1. The SMILES string of the molecule is CCC1CNC(C2CCCCC2)CN1CCc1ccsc1. The largest absolute Gasteiger partial charge is 0.311 e. The number of piperazine rings is 1. The third kappa shape index (κ3) is 4.08. The normalized spacial score (nSPS) is 28.8. The van der Waals surface area contributed by atoms with Crippen molar-refractivity contribution >= 4 is 11.3 Å². The summed E-state index contributed by atoms with van der Waals surface area (Å²) in [4.78, 5) is 2.77. The van der Waals surface area contributed by atoms with Crippen molar-refractivity contribution in [1.29, 1.82) is 0 Å². The lowest BCUT2D eigenvalue weighted by Crippen LogP contribution is -2.59. The Balaban J connectivity index is 1.55. The molecular formula is C18H30N2S. The number of thiophene rings is 1. The van der Waals surface area contributed by atoms with Crippen molar-refractivity contribution in [1.82, 2.24) is 10.2 Å². The van der Waals surface area contributed by atoms with E-state index in [-0.39, 0.29) is 0 Å². The molecule has 2 aliphatic rings. The van der Waals surface area contributed by atoms with Crippen molar-refractivity contribution < 1.29 is 0 Å². The van der Waals surface area contributed by atoms with Crippen LogP contribution in [0.1, 0.15) is 51.0 Å². The molecule has 3 rings (SSSR count). The third-order valence-electron chi connectivity index (χ3n) is 5.52. The highest BCUT2D eigenvalue weighted by Gasteiger charge is 2.31. The van der Waals surface area contributed by atoms with E-state index in [1.165, 1.54) is 70.1 Å². The smallest absolute Gasteiger partial charge is 0.0224 e. The van der Waals surface area contributed by atoms with Crippen molar-refractivity contribution in [2.45, 2.75) is 64.0 Å². The Hall–Kier alpha value is -0.380. The molecule has 2 heterocycles. The number of rotatable bonds is 5. The van der Waals surface area contributed by atoms with Gasteiger partial charge in [0.1, 0.15) is 0 Å². The van der Waals surface area contributed by atoms with E-state index >= 15 is 0 Å². The van der Waals surface area contributed by atoms with Gasteiger partial charge in [-0.15, -0.1) is 0 Å². The van der Waals surface area contributed by atoms with Crippen LogP contribution >= 0.6 is 11.3 Å². The first-order valence-corrected chi connectivity index (χ1v) is 9.79. The minimum absolute atomic E-state index is 0.739. The average Bonchev–Trinajstić information content (AvgIpc) is 3.07. The molecule has 2 atom stereocenters. The van der Waals surface area contributed by atoms with Gasteiger partial charge in [-0.05, 0) is 54.0 Å². The molecule has 2 unspecified atom stereocenters. The molecule has 2 fully saturated rings. The molecule has 21 heavy (non-hydrogen) atoms. The van der Waals surface area contributed by atoms with E-state index in [0.29, 0.717) is 0 Å². The molecule has 1 aliphatic heterocycles. The van der Waals surface area contributed by atoms with Crippen LogP contribution in [0, 0.1) is 5.92 Å². The summed E-state index contributed by atoms with van der Waals surface area (Å²) in [5.41, 5.74) is 1.52. The minimum Gasteiger partial charge on any atom is -0.311 e. The Morgan fingerprint density at radius 2 is 2.14 bits per heavy atom. The lowest BCUT2D eigenvalue weighted by molar-refractivity contribution is 0.0947. The van der Waals surface area contributed by atoms with Crippen LogP contribution in [0.15, 0.2) is 16.8 Å². The Morgan fingerprint density at radius 3 is 2.86 bits per heavy atom. The summed E-state index contributed by atoms with van der Waals surface area (Å²) in [7, 11) is 0. The Labute approximate surface area is 133 Å². The molecule has 0 bridgehead atoms. The summed E-state index contributed by atoms with van der Waals surface area (Å²) in [5.74, 6) is 0.931. The number of nitrogens with zero attached hydrogens (tertiary/aromatic N) is 1. The lowest BCUT2D eigenvalue weighted by Gasteiger charge is -2.44. The summed E-state index contributed by atoms with van der Waals surface area (Å²) < 4.78 is 0. The van der Waals surface area contributed by atoms with Crippen LogP contribution in [0.2, 0.25) is 0 Å². The van der Waals surface area contributed by atoms with E-state index < -0.39 is 0 Å². The van der Waals surface area contributed by atoms with Gasteiger partial charge < -0.3 is 5.32 Å². The Bertz CT molecular complexity index is 397. The maximum absolute atomic E-state index is 3.87. The molecular weight excluding hydrogens is 276 g/mol. The Morgan fingerprint density at radius 1 is 1.29 bits per heavy atom. The molecule has 0 spiro atoms. The zero-order valence-corrected chi connectivity index (χ0v) is 14.2. The third-order valence-corrected chi connectivity index (χ3v) is 6.25. The molecule has 0 aromatic carbocycles. The standard InChI is InChI=1S/C18H30N2S/c1-2-17-12-19-18(16-6-4-3-5-7-16)13-20(17)10-8-15-9-11-21-14-15/h9,11,14,16-19H,2-8,10,12-13H2,1H3. The summed E-state index contributed by atoms with van der Waals surface area (Å²) in [6.45, 7) is 6.04. The fraction of sp³-hybridized carbons (Fsp3) is 0.778. The molecule has 0 radical (unpaired) electrons. The second-order valence-corrected chi connectivity index (χ2v) is 7.63. The van der Waals surface area contributed by atoms with Gasteiger partial charge in [0.25, 0.3) is 0 Å². The van der Waals surface area contributed by atoms with Crippen molar-refractivity contribution in [2.24, 2.45) is 5.92 Å². The highest BCUT2D eigenvalue weighted by atomic mass is 32.1. The van der Waals surface area contributed by atoms with Crippen molar-refractivity contribution in [2.75, 3.05) is 19.6 Å².